The maximum Gasteiger partial charge on any atom is 0.164 e. The van der Waals surface area contributed by atoms with Gasteiger partial charge in [-0.15, -0.1) is 0 Å². The maximum absolute atomic E-state index is 6.27. The Morgan fingerprint density at radius 3 is 1.68 bits per heavy atom. The number of hydrogen-bond donors (Lipinski definition) is 0. The van der Waals surface area contributed by atoms with Gasteiger partial charge in [-0.25, -0.2) is 15.0 Å². The van der Waals surface area contributed by atoms with Gasteiger partial charge in [0.1, 0.15) is 22.3 Å². The van der Waals surface area contributed by atoms with E-state index in [1.165, 1.54) is 10.8 Å². The van der Waals surface area contributed by atoms with Crippen LogP contribution in [0.5, 0.6) is 0 Å². The predicted octanol–water partition coefficient (Wildman–Crippen LogP) is 12.8. The second-order valence-electron chi connectivity index (χ2n) is 14.2. The van der Waals surface area contributed by atoms with Crippen molar-refractivity contribution < 1.29 is 8.83 Å². The quantitative estimate of drug-likeness (QED) is 0.175. The summed E-state index contributed by atoms with van der Waals surface area (Å²) < 4.78 is 14.8. The Labute approximate surface area is 325 Å². The molecule has 0 amide bonds. The van der Waals surface area contributed by atoms with Crippen molar-refractivity contribution in [2.24, 2.45) is 0 Å². The summed E-state index contributed by atoms with van der Waals surface area (Å²) >= 11 is 0. The number of para-hydroxylation sites is 3. The van der Waals surface area contributed by atoms with Crippen LogP contribution in [0.1, 0.15) is 0 Å². The van der Waals surface area contributed by atoms with Crippen molar-refractivity contribution in [3.05, 3.63) is 176 Å². The molecule has 12 aromatic rings. The van der Waals surface area contributed by atoms with Crippen molar-refractivity contribution in [2.75, 3.05) is 0 Å². The van der Waals surface area contributed by atoms with E-state index in [2.05, 4.69) is 125 Å². The molecule has 12 rings (SSSR count). The Bertz CT molecular complexity index is 3500. The standard InChI is InChI=1S/C50H29N5O2/c1-4-20-40-35(15-1)36-16-2-5-21-41(36)55(40)33-14-8-13-32(28-33)49-52-48(53-50(54-49)38-19-10-24-45-47(38)39-29-51-26-25-43(39)57-45)31-12-7-11-30(27-31)34-18-9-23-44-46(34)37-17-3-6-22-42(37)56-44/h1-29H. The van der Waals surface area contributed by atoms with Gasteiger partial charge in [0, 0.05) is 67.1 Å². The van der Waals surface area contributed by atoms with Crippen LogP contribution in [0.3, 0.4) is 0 Å². The molecule has 0 aliphatic rings. The molecule has 7 nitrogen and oxygen atoms in total. The summed E-state index contributed by atoms with van der Waals surface area (Å²) in [5, 5.41) is 6.39. The van der Waals surface area contributed by atoms with Crippen LogP contribution < -0.4 is 0 Å². The van der Waals surface area contributed by atoms with Crippen LogP contribution in [0.2, 0.25) is 0 Å². The zero-order valence-electron chi connectivity index (χ0n) is 30.3. The lowest BCUT2D eigenvalue weighted by Crippen LogP contribution is -2.01. The molecule has 0 radical (unpaired) electrons. The Hall–Kier alpha value is -7.90. The van der Waals surface area contributed by atoms with Crippen LogP contribution >= 0.6 is 0 Å². The number of hydrogen-bond acceptors (Lipinski definition) is 6. The first-order valence-electron chi connectivity index (χ1n) is 18.9. The fourth-order valence-electron chi connectivity index (χ4n) is 8.44. The molecule has 0 spiro atoms. The van der Waals surface area contributed by atoms with E-state index in [1.807, 2.05) is 54.7 Å². The van der Waals surface area contributed by atoms with E-state index >= 15 is 0 Å². The third-order valence-corrected chi connectivity index (χ3v) is 10.9. The highest BCUT2D eigenvalue weighted by molar-refractivity contribution is 6.13. The average molecular weight is 732 g/mol. The molecule has 7 heteroatoms. The molecule has 0 fully saturated rings. The van der Waals surface area contributed by atoms with Gasteiger partial charge in [-0.05, 0) is 65.7 Å². The van der Waals surface area contributed by atoms with Gasteiger partial charge in [-0.1, -0.05) is 109 Å². The summed E-state index contributed by atoms with van der Waals surface area (Å²) in [6, 6.07) is 56.2. The molecule has 0 saturated heterocycles. The molecule has 0 bridgehead atoms. The summed E-state index contributed by atoms with van der Waals surface area (Å²) in [5.74, 6) is 1.67. The summed E-state index contributed by atoms with van der Waals surface area (Å²) in [7, 11) is 0. The molecule has 5 aromatic heterocycles. The van der Waals surface area contributed by atoms with Gasteiger partial charge in [-0.2, -0.15) is 0 Å². The lowest BCUT2D eigenvalue weighted by Gasteiger charge is -2.12. The molecular weight excluding hydrogens is 703 g/mol. The van der Waals surface area contributed by atoms with Gasteiger partial charge in [0.15, 0.2) is 17.5 Å². The van der Waals surface area contributed by atoms with E-state index < -0.39 is 0 Å². The van der Waals surface area contributed by atoms with Crippen molar-refractivity contribution >= 4 is 65.7 Å². The highest BCUT2D eigenvalue weighted by Gasteiger charge is 2.20. The molecule has 0 aliphatic heterocycles. The second kappa shape index (κ2) is 12.3. The largest absolute Gasteiger partial charge is 0.456 e. The summed E-state index contributed by atoms with van der Waals surface area (Å²) in [6.45, 7) is 0. The number of benzene rings is 7. The Kier molecular flexibility index (Phi) is 6.79. The van der Waals surface area contributed by atoms with Gasteiger partial charge < -0.3 is 13.4 Å². The van der Waals surface area contributed by atoms with Gasteiger partial charge in [0.2, 0.25) is 0 Å². The van der Waals surface area contributed by atoms with Crippen LogP contribution in [0.4, 0.5) is 0 Å². The highest BCUT2D eigenvalue weighted by Crippen LogP contribution is 2.40. The van der Waals surface area contributed by atoms with Crippen molar-refractivity contribution in [3.63, 3.8) is 0 Å². The molecule has 0 aliphatic carbocycles. The molecule has 7 aromatic carbocycles. The smallest absolute Gasteiger partial charge is 0.164 e. The monoisotopic (exact) mass is 731 g/mol. The number of fused-ring (bicyclic) bond motifs is 9. The SMILES string of the molecule is c1cc(-c2nc(-c3cccc(-n4c5ccccc5c5ccccc54)c3)nc(-c3cccc4oc5ccncc5c34)n2)cc(-c2cccc3oc4ccccc4c23)c1. The van der Waals surface area contributed by atoms with Gasteiger partial charge in [0.25, 0.3) is 0 Å². The average Bonchev–Trinajstić information content (AvgIpc) is 3.96. The fourth-order valence-corrected chi connectivity index (χ4v) is 8.44. The number of nitrogens with zero attached hydrogens (tertiary/aromatic N) is 5. The predicted molar refractivity (Wildman–Crippen MR) is 228 cm³/mol. The van der Waals surface area contributed by atoms with E-state index in [9.17, 15) is 0 Å². The first-order chi connectivity index (χ1) is 28.2. The summed E-state index contributed by atoms with van der Waals surface area (Å²) in [6.07, 6.45) is 3.58. The molecular formula is C50H29N5O2. The summed E-state index contributed by atoms with van der Waals surface area (Å²) in [4.78, 5) is 20.1. The molecule has 0 saturated carbocycles. The molecule has 266 valence electrons. The third kappa shape index (κ3) is 4.92. The van der Waals surface area contributed by atoms with Crippen molar-refractivity contribution in [3.8, 4) is 51.0 Å². The normalized spacial score (nSPS) is 11.9. The van der Waals surface area contributed by atoms with E-state index in [0.717, 1.165) is 88.4 Å². The Balaban J connectivity index is 1.08. The van der Waals surface area contributed by atoms with Crippen molar-refractivity contribution in [2.45, 2.75) is 0 Å². The van der Waals surface area contributed by atoms with E-state index in [4.69, 9.17) is 23.8 Å². The minimum atomic E-state index is 0.544. The van der Waals surface area contributed by atoms with E-state index in [1.54, 1.807) is 6.20 Å². The van der Waals surface area contributed by atoms with Crippen LogP contribution in [-0.2, 0) is 0 Å². The van der Waals surface area contributed by atoms with Crippen LogP contribution in [0, 0.1) is 0 Å². The number of furan rings is 2. The zero-order valence-corrected chi connectivity index (χ0v) is 30.3. The molecule has 0 unspecified atom stereocenters. The number of aromatic nitrogens is 5. The Morgan fingerprint density at radius 2 is 0.930 bits per heavy atom. The van der Waals surface area contributed by atoms with Crippen LogP contribution in [0.25, 0.3) is 117 Å². The minimum Gasteiger partial charge on any atom is -0.456 e. The first-order valence-corrected chi connectivity index (χ1v) is 18.9. The number of rotatable bonds is 5. The Morgan fingerprint density at radius 1 is 0.386 bits per heavy atom. The molecule has 0 atom stereocenters. The molecule has 0 N–H and O–H groups in total. The van der Waals surface area contributed by atoms with E-state index in [0.29, 0.717) is 17.5 Å². The van der Waals surface area contributed by atoms with Crippen LogP contribution in [0.15, 0.2) is 185 Å². The van der Waals surface area contributed by atoms with Gasteiger partial charge >= 0.3 is 0 Å². The number of pyridine rings is 1. The first kappa shape index (κ1) is 31.5. The van der Waals surface area contributed by atoms with Gasteiger partial charge in [0.05, 0.1) is 11.0 Å². The maximum atomic E-state index is 6.27. The van der Waals surface area contributed by atoms with E-state index in [-0.39, 0.29) is 0 Å². The minimum absolute atomic E-state index is 0.544. The van der Waals surface area contributed by atoms with Gasteiger partial charge in [-0.3, -0.25) is 4.98 Å². The lowest BCUT2D eigenvalue weighted by molar-refractivity contribution is 0.668. The van der Waals surface area contributed by atoms with Crippen molar-refractivity contribution in [1.82, 2.24) is 24.5 Å². The topological polar surface area (TPSA) is 82.8 Å². The summed E-state index contributed by atoms with van der Waals surface area (Å²) in [5.41, 5.74) is 11.2. The molecule has 5 heterocycles. The second-order valence-corrected chi connectivity index (χ2v) is 14.2. The highest BCUT2D eigenvalue weighted by atomic mass is 16.3. The van der Waals surface area contributed by atoms with Crippen LogP contribution in [-0.4, -0.2) is 24.5 Å². The lowest BCUT2D eigenvalue weighted by atomic mass is 9.98. The fraction of sp³-hybridized carbons (Fsp3) is 0. The zero-order chi connectivity index (χ0) is 37.5. The third-order valence-electron chi connectivity index (χ3n) is 10.9. The van der Waals surface area contributed by atoms with Crippen molar-refractivity contribution in [1.29, 1.82) is 0 Å². The molecule has 57 heavy (non-hydrogen) atoms.